The highest BCUT2D eigenvalue weighted by molar-refractivity contribution is 7.89. The number of primary sulfonamides is 1. The van der Waals surface area contributed by atoms with Crippen LogP contribution in [0.2, 0.25) is 0 Å². The SMILES string of the molecule is NS(=O)(=O)c1ccc2c(c1)[C@H]1C=CC[C@H]1[C@@H](c1ccccn1)N2. The van der Waals surface area contributed by atoms with E-state index in [1.807, 2.05) is 18.2 Å². The Kier molecular flexibility index (Phi) is 3.25. The van der Waals surface area contributed by atoms with E-state index in [2.05, 4.69) is 22.5 Å². The minimum absolute atomic E-state index is 0.115. The lowest BCUT2D eigenvalue weighted by Crippen LogP contribution is -2.30. The first kappa shape index (κ1) is 14.4. The second-order valence-electron chi connectivity index (χ2n) is 6.02. The van der Waals surface area contributed by atoms with E-state index in [1.165, 1.54) is 0 Å². The Balaban J connectivity index is 1.81. The molecule has 118 valence electrons. The van der Waals surface area contributed by atoms with Gasteiger partial charge in [0.25, 0.3) is 0 Å². The number of nitrogens with zero attached hydrogens (tertiary/aromatic N) is 1. The molecule has 0 spiro atoms. The van der Waals surface area contributed by atoms with Gasteiger partial charge in [-0.2, -0.15) is 0 Å². The molecule has 4 rings (SSSR count). The molecule has 1 aliphatic carbocycles. The highest BCUT2D eigenvalue weighted by atomic mass is 32.2. The third-order valence-corrected chi connectivity index (χ3v) is 5.58. The van der Waals surface area contributed by atoms with Gasteiger partial charge in [-0.25, -0.2) is 13.6 Å². The molecule has 2 heterocycles. The quantitative estimate of drug-likeness (QED) is 0.830. The van der Waals surface area contributed by atoms with Gasteiger partial charge in [0.05, 0.1) is 16.6 Å². The van der Waals surface area contributed by atoms with Gasteiger partial charge in [0.2, 0.25) is 10.0 Å². The lowest BCUT2D eigenvalue weighted by Gasteiger charge is -2.37. The summed E-state index contributed by atoms with van der Waals surface area (Å²) in [6.07, 6.45) is 7.06. The van der Waals surface area contributed by atoms with Crippen molar-refractivity contribution in [2.24, 2.45) is 11.1 Å². The summed E-state index contributed by atoms with van der Waals surface area (Å²) in [5.41, 5.74) is 2.94. The molecule has 1 aliphatic heterocycles. The van der Waals surface area contributed by atoms with E-state index in [4.69, 9.17) is 5.14 Å². The van der Waals surface area contributed by atoms with E-state index in [9.17, 15) is 8.42 Å². The van der Waals surface area contributed by atoms with Gasteiger partial charge < -0.3 is 5.32 Å². The molecule has 2 aliphatic rings. The number of allylic oxidation sites excluding steroid dienone is 2. The largest absolute Gasteiger partial charge is 0.376 e. The van der Waals surface area contributed by atoms with Crippen LogP contribution in [0.5, 0.6) is 0 Å². The van der Waals surface area contributed by atoms with Gasteiger partial charge in [-0.15, -0.1) is 0 Å². The first-order chi connectivity index (χ1) is 11.0. The van der Waals surface area contributed by atoms with E-state index >= 15 is 0 Å². The van der Waals surface area contributed by atoms with Gasteiger partial charge >= 0.3 is 0 Å². The highest BCUT2D eigenvalue weighted by Crippen LogP contribution is 2.49. The predicted molar refractivity (Wildman–Crippen MR) is 88.4 cm³/mol. The summed E-state index contributed by atoms with van der Waals surface area (Å²) < 4.78 is 23.3. The molecule has 3 N–H and O–H groups in total. The van der Waals surface area contributed by atoms with Gasteiger partial charge in [-0.1, -0.05) is 18.2 Å². The van der Waals surface area contributed by atoms with Crippen molar-refractivity contribution in [3.05, 3.63) is 66.0 Å². The Morgan fingerprint density at radius 1 is 1.22 bits per heavy atom. The van der Waals surface area contributed by atoms with Crippen molar-refractivity contribution in [3.8, 4) is 0 Å². The number of aromatic nitrogens is 1. The molecule has 1 aromatic carbocycles. The van der Waals surface area contributed by atoms with Crippen LogP contribution in [0.25, 0.3) is 0 Å². The predicted octanol–water partition coefficient (Wildman–Crippen LogP) is 2.56. The Labute approximate surface area is 135 Å². The summed E-state index contributed by atoms with van der Waals surface area (Å²) >= 11 is 0. The van der Waals surface area contributed by atoms with Crippen LogP contribution >= 0.6 is 0 Å². The van der Waals surface area contributed by atoms with Gasteiger partial charge in [0.1, 0.15) is 0 Å². The number of hydrogen-bond acceptors (Lipinski definition) is 4. The second-order valence-corrected chi connectivity index (χ2v) is 7.59. The molecule has 23 heavy (non-hydrogen) atoms. The fourth-order valence-electron chi connectivity index (χ4n) is 3.60. The highest BCUT2D eigenvalue weighted by Gasteiger charge is 2.38. The Hall–Kier alpha value is -2.18. The zero-order valence-corrected chi connectivity index (χ0v) is 13.2. The van der Waals surface area contributed by atoms with Crippen LogP contribution in [0.1, 0.15) is 29.6 Å². The van der Waals surface area contributed by atoms with Crippen molar-refractivity contribution >= 4 is 15.7 Å². The molecule has 0 bridgehead atoms. The third kappa shape index (κ3) is 2.44. The molecule has 0 fully saturated rings. The normalized spacial score (nSPS) is 25.5. The first-order valence-corrected chi connectivity index (χ1v) is 9.09. The van der Waals surface area contributed by atoms with Gasteiger partial charge in [0, 0.05) is 17.8 Å². The van der Waals surface area contributed by atoms with Crippen LogP contribution < -0.4 is 10.5 Å². The van der Waals surface area contributed by atoms with Gasteiger partial charge in [-0.05, 0) is 48.2 Å². The fraction of sp³-hybridized carbons (Fsp3) is 0.235. The van der Waals surface area contributed by atoms with Crippen molar-refractivity contribution in [2.75, 3.05) is 5.32 Å². The molecular formula is C17H17N3O2S. The van der Waals surface area contributed by atoms with Crippen LogP contribution in [0, 0.1) is 5.92 Å². The van der Waals surface area contributed by atoms with Crippen LogP contribution in [-0.4, -0.2) is 13.4 Å². The standard InChI is InChI=1S/C17H17N3O2S/c18-23(21,22)11-7-8-15-14(10-11)12-4-3-5-13(12)17(20-15)16-6-1-2-9-19-16/h1-4,6-10,12-13,17,20H,5H2,(H2,18,21,22)/t12-,13+,17-/m0/s1. The summed E-state index contributed by atoms with van der Waals surface area (Å²) in [6, 6.07) is 11.1. The maximum absolute atomic E-state index is 11.6. The number of fused-ring (bicyclic) bond motifs is 3. The third-order valence-electron chi connectivity index (χ3n) is 4.67. The molecule has 0 radical (unpaired) electrons. The minimum Gasteiger partial charge on any atom is -0.376 e. The number of sulfonamides is 1. The monoisotopic (exact) mass is 327 g/mol. The lowest BCUT2D eigenvalue weighted by atomic mass is 9.78. The van der Waals surface area contributed by atoms with Crippen LogP contribution in [0.4, 0.5) is 5.69 Å². The number of nitrogens with two attached hydrogens (primary N) is 1. The van der Waals surface area contributed by atoms with E-state index in [-0.39, 0.29) is 16.9 Å². The molecular weight excluding hydrogens is 310 g/mol. The summed E-state index contributed by atoms with van der Waals surface area (Å²) in [6.45, 7) is 0. The maximum Gasteiger partial charge on any atom is 0.238 e. The molecule has 3 atom stereocenters. The zero-order chi connectivity index (χ0) is 16.0. The molecule has 0 amide bonds. The number of hydrogen-bond donors (Lipinski definition) is 2. The first-order valence-electron chi connectivity index (χ1n) is 7.55. The molecule has 6 heteroatoms. The molecule has 2 aromatic rings. The lowest BCUT2D eigenvalue weighted by molar-refractivity contribution is 0.418. The average Bonchev–Trinajstić information content (AvgIpc) is 3.03. The van der Waals surface area contributed by atoms with Gasteiger partial charge in [-0.3, -0.25) is 4.98 Å². The van der Waals surface area contributed by atoms with Crippen molar-refractivity contribution < 1.29 is 8.42 Å². The summed E-state index contributed by atoms with van der Waals surface area (Å²) in [5, 5.41) is 8.79. The van der Waals surface area contributed by atoms with E-state index in [1.54, 1.807) is 24.4 Å². The summed E-state index contributed by atoms with van der Waals surface area (Å²) in [5.74, 6) is 0.507. The summed E-state index contributed by atoms with van der Waals surface area (Å²) in [7, 11) is -3.69. The Bertz CT molecular complexity index is 878. The Morgan fingerprint density at radius 3 is 2.83 bits per heavy atom. The summed E-state index contributed by atoms with van der Waals surface area (Å²) in [4.78, 5) is 4.65. The van der Waals surface area contributed by atoms with Gasteiger partial charge in [0.15, 0.2) is 0 Å². The second kappa shape index (κ2) is 5.18. The number of benzene rings is 1. The Morgan fingerprint density at radius 2 is 2.09 bits per heavy atom. The number of rotatable bonds is 2. The van der Waals surface area contributed by atoms with Crippen molar-refractivity contribution in [1.29, 1.82) is 0 Å². The van der Waals surface area contributed by atoms with Crippen LogP contribution in [0.15, 0.2) is 59.6 Å². The number of pyridine rings is 1. The van der Waals surface area contributed by atoms with Crippen molar-refractivity contribution in [1.82, 2.24) is 4.98 Å². The smallest absolute Gasteiger partial charge is 0.238 e. The van der Waals surface area contributed by atoms with Crippen molar-refractivity contribution in [3.63, 3.8) is 0 Å². The van der Waals surface area contributed by atoms with Crippen molar-refractivity contribution in [2.45, 2.75) is 23.3 Å². The fourth-order valence-corrected chi connectivity index (χ4v) is 4.15. The van der Waals surface area contributed by atoms with Crippen LogP contribution in [-0.2, 0) is 10.0 Å². The maximum atomic E-state index is 11.6. The number of anilines is 1. The molecule has 1 aromatic heterocycles. The van der Waals surface area contributed by atoms with E-state index in [0.717, 1.165) is 23.4 Å². The van der Waals surface area contributed by atoms with E-state index in [0.29, 0.717) is 5.92 Å². The molecule has 5 nitrogen and oxygen atoms in total. The molecule has 0 saturated carbocycles. The topological polar surface area (TPSA) is 85.1 Å². The minimum atomic E-state index is -3.69. The van der Waals surface area contributed by atoms with Crippen LogP contribution in [0.3, 0.4) is 0 Å². The van der Waals surface area contributed by atoms with E-state index < -0.39 is 10.0 Å². The zero-order valence-electron chi connectivity index (χ0n) is 12.4. The number of nitrogens with one attached hydrogen (secondary N) is 1. The molecule has 0 unspecified atom stereocenters. The average molecular weight is 327 g/mol. The molecule has 0 saturated heterocycles.